The third-order valence-electron chi connectivity index (χ3n) is 5.72. The Labute approximate surface area is 192 Å². The number of ether oxygens (including phenoxy) is 1. The van der Waals surface area contributed by atoms with E-state index in [9.17, 15) is 18.0 Å². The number of para-hydroxylation sites is 1. The van der Waals surface area contributed by atoms with Crippen LogP contribution in [0.2, 0.25) is 0 Å². The number of nitrogens with one attached hydrogen (secondary N) is 2. The minimum atomic E-state index is -3.81. The Kier molecular flexibility index (Phi) is 6.50. The van der Waals surface area contributed by atoms with Crippen molar-refractivity contribution in [1.82, 2.24) is 14.1 Å². The Morgan fingerprint density at radius 3 is 2.61 bits per heavy atom. The Morgan fingerprint density at radius 2 is 1.91 bits per heavy atom. The molecule has 2 N–H and O–H groups in total. The number of hydrogen-bond acceptors (Lipinski definition) is 5. The van der Waals surface area contributed by atoms with Gasteiger partial charge in [0, 0.05) is 25.8 Å². The predicted molar refractivity (Wildman–Crippen MR) is 124 cm³/mol. The van der Waals surface area contributed by atoms with E-state index >= 15 is 0 Å². The van der Waals surface area contributed by atoms with Gasteiger partial charge in [0.2, 0.25) is 10.0 Å². The zero-order valence-corrected chi connectivity index (χ0v) is 19.3. The monoisotopic (exact) mass is 470 g/mol. The summed E-state index contributed by atoms with van der Waals surface area (Å²) in [6.45, 7) is 2.54. The first-order chi connectivity index (χ1) is 15.8. The maximum atomic E-state index is 13.0. The van der Waals surface area contributed by atoms with E-state index in [0.29, 0.717) is 18.0 Å². The lowest BCUT2D eigenvalue weighted by atomic mass is 10.2. The minimum Gasteiger partial charge on any atom is -0.377 e. The molecule has 10 heteroatoms. The smallest absolute Gasteiger partial charge is 0.295 e. The lowest BCUT2D eigenvalue weighted by molar-refractivity contribution is 0.102. The van der Waals surface area contributed by atoms with Crippen molar-refractivity contribution in [3.05, 3.63) is 76.2 Å². The van der Waals surface area contributed by atoms with Crippen molar-refractivity contribution < 1.29 is 17.9 Å². The molecule has 1 atom stereocenters. The minimum absolute atomic E-state index is 0.0281. The summed E-state index contributed by atoms with van der Waals surface area (Å²) >= 11 is 0. The number of nitrogens with zero attached hydrogens (tertiary/aromatic N) is 2. The van der Waals surface area contributed by atoms with E-state index in [2.05, 4.69) is 10.0 Å². The van der Waals surface area contributed by atoms with Crippen LogP contribution in [0.25, 0.3) is 5.69 Å². The molecule has 0 unspecified atom stereocenters. The van der Waals surface area contributed by atoms with Crippen molar-refractivity contribution >= 4 is 21.6 Å². The highest BCUT2D eigenvalue weighted by atomic mass is 32.2. The van der Waals surface area contributed by atoms with Crippen molar-refractivity contribution in [3.63, 3.8) is 0 Å². The van der Waals surface area contributed by atoms with E-state index in [4.69, 9.17) is 4.74 Å². The highest BCUT2D eigenvalue weighted by Crippen LogP contribution is 2.18. The van der Waals surface area contributed by atoms with Crippen LogP contribution < -0.4 is 15.6 Å². The van der Waals surface area contributed by atoms with Gasteiger partial charge in [-0.2, -0.15) is 0 Å². The Balaban J connectivity index is 1.56. The summed E-state index contributed by atoms with van der Waals surface area (Å²) in [5.41, 5.74) is 1.12. The standard InChI is InChI=1S/C23H26N4O5S/c1-16-21(23(29)27(26(16)2)18-9-4-3-5-10-18)25-22(28)17-8-6-12-20(14-17)33(30,31)24-15-19-11-7-13-32-19/h3-6,8-10,12,14,19,24H,7,11,13,15H2,1-2H3,(H,25,28)/t19-/m1/s1. The third kappa shape index (κ3) is 4.77. The summed E-state index contributed by atoms with van der Waals surface area (Å²) in [5.74, 6) is -0.572. The second kappa shape index (κ2) is 9.34. The van der Waals surface area contributed by atoms with Crippen LogP contribution in [0.15, 0.2) is 64.3 Å². The molecule has 1 amide bonds. The van der Waals surface area contributed by atoms with E-state index in [1.807, 2.05) is 18.2 Å². The second-order valence-electron chi connectivity index (χ2n) is 7.91. The Morgan fingerprint density at radius 1 is 1.15 bits per heavy atom. The van der Waals surface area contributed by atoms with Gasteiger partial charge in [-0.3, -0.25) is 14.3 Å². The lowest BCUT2D eigenvalue weighted by Crippen LogP contribution is -2.32. The van der Waals surface area contributed by atoms with Crippen LogP contribution in [0.1, 0.15) is 28.9 Å². The molecule has 2 heterocycles. The molecular formula is C23H26N4O5S. The topological polar surface area (TPSA) is 111 Å². The molecule has 9 nitrogen and oxygen atoms in total. The molecular weight excluding hydrogens is 444 g/mol. The van der Waals surface area contributed by atoms with Crippen LogP contribution in [-0.2, 0) is 21.8 Å². The van der Waals surface area contributed by atoms with Gasteiger partial charge in [0.15, 0.2) is 0 Å². The van der Waals surface area contributed by atoms with Gasteiger partial charge < -0.3 is 10.1 Å². The molecule has 0 radical (unpaired) electrons. The van der Waals surface area contributed by atoms with Crippen molar-refractivity contribution in [3.8, 4) is 5.69 Å². The first-order valence-electron chi connectivity index (χ1n) is 10.6. The van der Waals surface area contributed by atoms with Crippen LogP contribution in [0.4, 0.5) is 5.69 Å². The van der Waals surface area contributed by atoms with Crippen LogP contribution in [0.5, 0.6) is 0 Å². The van der Waals surface area contributed by atoms with Crippen molar-refractivity contribution in [1.29, 1.82) is 0 Å². The fourth-order valence-electron chi connectivity index (χ4n) is 3.79. The highest BCUT2D eigenvalue weighted by Gasteiger charge is 2.22. The Hall–Kier alpha value is -3.21. The molecule has 1 aliphatic rings. The first kappa shape index (κ1) is 23.0. The fraction of sp³-hybridized carbons (Fsp3) is 0.304. The normalized spacial score (nSPS) is 16.1. The fourth-order valence-corrected chi connectivity index (χ4v) is 4.91. The maximum Gasteiger partial charge on any atom is 0.295 e. The van der Waals surface area contributed by atoms with E-state index < -0.39 is 15.9 Å². The predicted octanol–water partition coefficient (Wildman–Crippen LogP) is 2.19. The summed E-state index contributed by atoms with van der Waals surface area (Å²) in [5, 5.41) is 2.65. The molecule has 0 spiro atoms. The van der Waals surface area contributed by atoms with Crippen molar-refractivity contribution in [2.75, 3.05) is 18.5 Å². The average molecular weight is 471 g/mol. The van der Waals surface area contributed by atoms with Gasteiger partial charge in [0.05, 0.1) is 22.4 Å². The molecule has 1 aromatic heterocycles. The van der Waals surface area contributed by atoms with Crippen LogP contribution >= 0.6 is 0 Å². The highest BCUT2D eigenvalue weighted by molar-refractivity contribution is 7.89. The third-order valence-corrected chi connectivity index (χ3v) is 7.15. The van der Waals surface area contributed by atoms with Gasteiger partial charge in [-0.15, -0.1) is 0 Å². The van der Waals surface area contributed by atoms with E-state index in [-0.39, 0.29) is 34.4 Å². The van der Waals surface area contributed by atoms with Gasteiger partial charge in [0.25, 0.3) is 11.5 Å². The summed E-state index contributed by atoms with van der Waals surface area (Å²) < 4.78 is 36.5. The largest absolute Gasteiger partial charge is 0.377 e. The summed E-state index contributed by atoms with van der Waals surface area (Å²) in [4.78, 5) is 25.9. The van der Waals surface area contributed by atoms with Gasteiger partial charge in [-0.25, -0.2) is 17.8 Å². The summed E-state index contributed by atoms with van der Waals surface area (Å²) in [6, 6.07) is 14.8. The van der Waals surface area contributed by atoms with Crippen molar-refractivity contribution in [2.45, 2.75) is 30.8 Å². The van der Waals surface area contributed by atoms with Gasteiger partial charge in [-0.1, -0.05) is 24.3 Å². The van der Waals surface area contributed by atoms with Crippen molar-refractivity contribution in [2.24, 2.45) is 7.05 Å². The zero-order valence-electron chi connectivity index (χ0n) is 18.4. The SMILES string of the molecule is Cc1c(NC(=O)c2cccc(S(=O)(=O)NC[C@H]3CCCO3)c2)c(=O)n(-c2ccccc2)n1C. The summed E-state index contributed by atoms with van der Waals surface area (Å²) in [7, 11) is -2.08. The molecule has 0 aliphatic carbocycles. The van der Waals surface area contributed by atoms with E-state index in [0.717, 1.165) is 12.8 Å². The molecule has 174 valence electrons. The van der Waals surface area contributed by atoms with Gasteiger partial charge in [0.1, 0.15) is 5.69 Å². The number of carbonyl (C=O) groups excluding carboxylic acids is 1. The summed E-state index contributed by atoms with van der Waals surface area (Å²) in [6.07, 6.45) is 1.58. The zero-order chi connectivity index (χ0) is 23.6. The Bertz CT molecular complexity index is 1320. The average Bonchev–Trinajstić information content (AvgIpc) is 3.41. The number of rotatable bonds is 7. The second-order valence-corrected chi connectivity index (χ2v) is 9.67. The molecule has 3 aromatic rings. The van der Waals surface area contributed by atoms with Crippen LogP contribution in [0.3, 0.4) is 0 Å². The number of amides is 1. The molecule has 1 aliphatic heterocycles. The van der Waals surface area contributed by atoms with Crippen LogP contribution in [-0.4, -0.2) is 42.9 Å². The van der Waals surface area contributed by atoms with Gasteiger partial charge >= 0.3 is 0 Å². The molecule has 2 aromatic carbocycles. The number of benzene rings is 2. The molecule has 1 fully saturated rings. The number of hydrogen-bond donors (Lipinski definition) is 2. The molecule has 1 saturated heterocycles. The number of carbonyl (C=O) groups is 1. The number of anilines is 1. The van der Waals surface area contributed by atoms with E-state index in [1.165, 1.54) is 28.9 Å². The number of sulfonamides is 1. The lowest BCUT2D eigenvalue weighted by Gasteiger charge is -2.12. The quantitative estimate of drug-likeness (QED) is 0.550. The molecule has 4 rings (SSSR count). The number of aromatic nitrogens is 2. The maximum absolute atomic E-state index is 13.0. The van der Waals surface area contributed by atoms with Crippen LogP contribution in [0, 0.1) is 6.92 Å². The molecule has 33 heavy (non-hydrogen) atoms. The first-order valence-corrected chi connectivity index (χ1v) is 12.1. The van der Waals surface area contributed by atoms with Gasteiger partial charge in [-0.05, 0) is 50.1 Å². The van der Waals surface area contributed by atoms with E-state index in [1.54, 1.807) is 30.8 Å². The molecule has 0 bridgehead atoms. The molecule has 0 saturated carbocycles.